The molecule has 9 heteroatoms. The second kappa shape index (κ2) is 12.7. The Bertz CT molecular complexity index is 1350. The molecule has 0 unspecified atom stereocenters. The number of amides is 2. The number of carbonyl (C=O) groups is 2. The highest BCUT2D eigenvalue weighted by Crippen LogP contribution is 2.27. The van der Waals surface area contributed by atoms with Crippen LogP contribution in [-0.2, 0) is 26.0 Å². The molecule has 0 aliphatic carbocycles. The van der Waals surface area contributed by atoms with E-state index < -0.39 is 34.3 Å². The third-order valence-electron chi connectivity index (χ3n) is 6.09. The first-order valence-corrected chi connectivity index (χ1v) is 13.9. The molecule has 0 aliphatic rings. The van der Waals surface area contributed by atoms with Crippen LogP contribution in [0.4, 0.5) is 10.1 Å². The second-order valence-corrected chi connectivity index (χ2v) is 11.3. The summed E-state index contributed by atoms with van der Waals surface area (Å²) in [5.74, 6) is -1.76. The summed E-state index contributed by atoms with van der Waals surface area (Å²) >= 11 is 0. The van der Waals surface area contributed by atoms with Crippen molar-refractivity contribution in [2.45, 2.75) is 51.1 Å². The summed E-state index contributed by atoms with van der Waals surface area (Å²) in [5, 5.41) is 2.81. The van der Waals surface area contributed by atoms with Crippen LogP contribution in [0.25, 0.3) is 0 Å². The summed E-state index contributed by atoms with van der Waals surface area (Å²) in [7, 11) is -4.31. The van der Waals surface area contributed by atoms with Gasteiger partial charge in [0.25, 0.3) is 10.0 Å². The maximum atomic E-state index is 14.9. The highest BCUT2D eigenvalue weighted by molar-refractivity contribution is 7.92. The van der Waals surface area contributed by atoms with Crippen molar-refractivity contribution in [1.82, 2.24) is 10.2 Å². The number of hydrogen-bond donors (Lipinski definition) is 1. The fraction of sp³-hybridized carbons (Fsp3) is 0.310. The smallest absolute Gasteiger partial charge is 0.264 e. The van der Waals surface area contributed by atoms with E-state index in [9.17, 15) is 22.4 Å². The van der Waals surface area contributed by atoms with E-state index in [-0.39, 0.29) is 29.1 Å². The van der Waals surface area contributed by atoms with Gasteiger partial charge in [-0.25, -0.2) is 12.8 Å². The molecule has 0 spiro atoms. The van der Waals surface area contributed by atoms with Gasteiger partial charge < -0.3 is 10.2 Å². The molecule has 1 N–H and O–H groups in total. The Hall–Kier alpha value is -3.72. The molecule has 3 aromatic rings. The van der Waals surface area contributed by atoms with Crippen molar-refractivity contribution in [3.63, 3.8) is 0 Å². The number of halogens is 1. The Morgan fingerprint density at radius 3 is 2.11 bits per heavy atom. The Morgan fingerprint density at radius 1 is 0.895 bits per heavy atom. The second-order valence-electron chi connectivity index (χ2n) is 9.44. The number of anilines is 1. The van der Waals surface area contributed by atoms with E-state index in [0.29, 0.717) is 6.42 Å². The minimum absolute atomic E-state index is 0.0689. The molecule has 0 saturated heterocycles. The van der Waals surface area contributed by atoms with Crippen LogP contribution in [0.3, 0.4) is 0 Å². The largest absolute Gasteiger partial charge is 0.352 e. The number of benzene rings is 3. The van der Waals surface area contributed by atoms with E-state index in [4.69, 9.17) is 0 Å². The Labute approximate surface area is 224 Å². The monoisotopic (exact) mass is 539 g/mol. The number of para-hydroxylation sites is 1. The molecule has 3 rings (SSSR count). The lowest BCUT2D eigenvalue weighted by atomic mass is 10.1. The van der Waals surface area contributed by atoms with Gasteiger partial charge in [-0.3, -0.25) is 13.9 Å². The Kier molecular flexibility index (Phi) is 9.63. The zero-order chi connectivity index (χ0) is 27.9. The third-order valence-corrected chi connectivity index (χ3v) is 7.87. The van der Waals surface area contributed by atoms with E-state index in [1.807, 2.05) is 51.1 Å². The average Bonchev–Trinajstić information content (AvgIpc) is 2.88. The fourth-order valence-corrected chi connectivity index (χ4v) is 5.40. The lowest BCUT2D eigenvalue weighted by Crippen LogP contribution is -2.53. The van der Waals surface area contributed by atoms with Gasteiger partial charge in [0.1, 0.15) is 18.4 Å². The van der Waals surface area contributed by atoms with Crippen molar-refractivity contribution < 1.29 is 22.4 Å². The molecule has 0 aromatic heterocycles. The van der Waals surface area contributed by atoms with Crippen molar-refractivity contribution in [2.24, 2.45) is 0 Å². The molecular formula is C29H34FN3O4S. The standard InChI is InChI=1S/C29H34FN3O4S/c1-21(2)31-29(35)23(4)32(19-18-24-10-6-5-7-11-24)28(34)20-33(27-13-9-8-12-26(27)30)38(36,37)25-16-14-22(3)15-17-25/h5-17,21,23H,18-20H2,1-4H3,(H,31,35)/t23-/m1/s1. The summed E-state index contributed by atoms with van der Waals surface area (Å²) in [6.45, 7) is 6.55. The van der Waals surface area contributed by atoms with Crippen molar-refractivity contribution in [3.8, 4) is 0 Å². The van der Waals surface area contributed by atoms with Gasteiger partial charge in [0.15, 0.2) is 0 Å². The molecule has 0 fully saturated rings. The van der Waals surface area contributed by atoms with Crippen LogP contribution in [0, 0.1) is 12.7 Å². The molecule has 0 bridgehead atoms. The minimum atomic E-state index is -4.31. The highest BCUT2D eigenvalue weighted by atomic mass is 32.2. The van der Waals surface area contributed by atoms with Crippen molar-refractivity contribution >= 4 is 27.5 Å². The number of aryl methyl sites for hydroxylation is 1. The van der Waals surface area contributed by atoms with Crippen LogP contribution in [-0.4, -0.2) is 50.3 Å². The highest BCUT2D eigenvalue weighted by Gasteiger charge is 2.33. The van der Waals surface area contributed by atoms with Crippen LogP contribution in [0.2, 0.25) is 0 Å². The molecule has 7 nitrogen and oxygen atoms in total. The summed E-state index contributed by atoms with van der Waals surface area (Å²) in [6.07, 6.45) is 0.455. The van der Waals surface area contributed by atoms with Gasteiger partial charge in [-0.15, -0.1) is 0 Å². The Morgan fingerprint density at radius 2 is 1.50 bits per heavy atom. The lowest BCUT2D eigenvalue weighted by Gasteiger charge is -2.32. The zero-order valence-corrected chi connectivity index (χ0v) is 22.9. The summed E-state index contributed by atoms with van der Waals surface area (Å²) in [6, 6.07) is 20.0. The zero-order valence-electron chi connectivity index (χ0n) is 22.1. The fourth-order valence-electron chi connectivity index (χ4n) is 3.98. The quantitative estimate of drug-likeness (QED) is 0.393. The molecular weight excluding hydrogens is 505 g/mol. The molecule has 1 atom stereocenters. The number of rotatable bonds is 11. The van der Waals surface area contributed by atoms with E-state index in [0.717, 1.165) is 21.5 Å². The number of sulfonamides is 1. The maximum absolute atomic E-state index is 14.9. The van der Waals surface area contributed by atoms with Crippen LogP contribution < -0.4 is 9.62 Å². The number of nitrogens with one attached hydrogen (secondary N) is 1. The maximum Gasteiger partial charge on any atom is 0.264 e. The molecule has 0 saturated carbocycles. The Balaban J connectivity index is 1.99. The predicted octanol–water partition coefficient (Wildman–Crippen LogP) is 4.31. The SMILES string of the molecule is Cc1ccc(S(=O)(=O)N(CC(=O)N(CCc2ccccc2)[C@H](C)C(=O)NC(C)C)c2ccccc2F)cc1. The first-order chi connectivity index (χ1) is 18.0. The van der Waals surface area contributed by atoms with Crippen molar-refractivity contribution in [2.75, 3.05) is 17.4 Å². The first-order valence-electron chi connectivity index (χ1n) is 12.5. The van der Waals surface area contributed by atoms with Crippen molar-refractivity contribution in [1.29, 1.82) is 0 Å². The lowest BCUT2D eigenvalue weighted by molar-refractivity contribution is -0.139. The number of nitrogens with zero attached hydrogens (tertiary/aromatic N) is 2. The van der Waals surface area contributed by atoms with E-state index in [1.165, 1.54) is 35.2 Å². The topological polar surface area (TPSA) is 86.8 Å². The van der Waals surface area contributed by atoms with Gasteiger partial charge in [-0.2, -0.15) is 0 Å². The third kappa shape index (κ3) is 7.19. The van der Waals surface area contributed by atoms with Crippen molar-refractivity contribution in [3.05, 3.63) is 95.8 Å². The van der Waals surface area contributed by atoms with E-state index >= 15 is 0 Å². The first kappa shape index (κ1) is 28.8. The average molecular weight is 540 g/mol. The van der Waals surface area contributed by atoms with Gasteiger partial charge in [0.05, 0.1) is 10.6 Å². The molecule has 38 heavy (non-hydrogen) atoms. The normalized spacial score (nSPS) is 12.2. The predicted molar refractivity (Wildman–Crippen MR) is 147 cm³/mol. The van der Waals surface area contributed by atoms with Gasteiger partial charge in [0, 0.05) is 12.6 Å². The minimum Gasteiger partial charge on any atom is -0.352 e. The summed E-state index contributed by atoms with van der Waals surface area (Å²) in [4.78, 5) is 27.9. The molecule has 202 valence electrons. The number of carbonyl (C=O) groups excluding carboxylic acids is 2. The van der Waals surface area contributed by atoms with E-state index in [2.05, 4.69) is 5.32 Å². The summed E-state index contributed by atoms with van der Waals surface area (Å²) in [5.41, 5.74) is 1.57. The molecule has 2 amide bonds. The molecule has 0 radical (unpaired) electrons. The van der Waals surface area contributed by atoms with Crippen LogP contribution >= 0.6 is 0 Å². The molecule has 0 heterocycles. The number of hydrogen-bond acceptors (Lipinski definition) is 4. The van der Waals surface area contributed by atoms with Crippen LogP contribution in [0.1, 0.15) is 31.9 Å². The molecule has 0 aliphatic heterocycles. The van der Waals surface area contributed by atoms with Crippen LogP contribution in [0.5, 0.6) is 0 Å². The van der Waals surface area contributed by atoms with E-state index in [1.54, 1.807) is 19.1 Å². The van der Waals surface area contributed by atoms with Gasteiger partial charge in [-0.05, 0) is 63.9 Å². The van der Waals surface area contributed by atoms with Gasteiger partial charge in [0.2, 0.25) is 11.8 Å². The van der Waals surface area contributed by atoms with Crippen LogP contribution in [0.15, 0.2) is 83.8 Å². The molecule has 3 aromatic carbocycles. The van der Waals surface area contributed by atoms with Gasteiger partial charge >= 0.3 is 0 Å². The van der Waals surface area contributed by atoms with Gasteiger partial charge in [-0.1, -0.05) is 60.2 Å². The summed E-state index contributed by atoms with van der Waals surface area (Å²) < 4.78 is 43.1.